The first-order valence-electron chi connectivity index (χ1n) is 5.66. The molecule has 0 saturated carbocycles. The molecule has 0 heterocycles. The van der Waals surface area contributed by atoms with E-state index >= 15 is 0 Å². The molecule has 1 aromatic carbocycles. The molecule has 0 spiro atoms. The predicted octanol–water partition coefficient (Wildman–Crippen LogP) is 0.912. The number of rotatable bonds is 8. The maximum atomic E-state index is 12.1. The number of sulfonamides is 1. The van der Waals surface area contributed by atoms with Crippen molar-refractivity contribution in [2.75, 3.05) is 24.0 Å². The Labute approximate surface area is 121 Å². The number of hydrogen-bond acceptors (Lipinski definition) is 7. The van der Waals surface area contributed by atoms with Gasteiger partial charge in [-0.1, -0.05) is 0 Å². The van der Waals surface area contributed by atoms with E-state index in [4.69, 9.17) is 5.84 Å². The molecule has 10 heteroatoms. The summed E-state index contributed by atoms with van der Waals surface area (Å²) in [6.07, 6.45) is 2.63. The summed E-state index contributed by atoms with van der Waals surface area (Å²) in [6, 6.07) is 3.36. The van der Waals surface area contributed by atoms with Crippen LogP contribution in [0.25, 0.3) is 0 Å². The Hall–Kier alpha value is -1.36. The average Bonchev–Trinajstić information content (AvgIpc) is 2.42. The SMILES string of the molecule is CSCCCNS(=O)(=O)c1ccc([N+](=O)[O-])cc1NN. The Morgan fingerprint density at radius 1 is 1.45 bits per heavy atom. The third kappa shape index (κ3) is 4.34. The Balaban J connectivity index is 2.96. The van der Waals surface area contributed by atoms with Gasteiger partial charge in [0, 0.05) is 18.7 Å². The molecule has 0 bridgehead atoms. The number of thioether (sulfide) groups is 1. The molecule has 0 unspecified atom stereocenters. The number of non-ortho nitro benzene ring substituents is 1. The van der Waals surface area contributed by atoms with E-state index in [1.54, 1.807) is 11.8 Å². The quantitative estimate of drug-likeness (QED) is 0.281. The minimum atomic E-state index is -3.75. The van der Waals surface area contributed by atoms with Crippen LogP contribution in [-0.4, -0.2) is 31.9 Å². The van der Waals surface area contributed by atoms with Crippen molar-refractivity contribution in [3.8, 4) is 0 Å². The van der Waals surface area contributed by atoms with Crippen LogP contribution in [0.1, 0.15) is 6.42 Å². The highest BCUT2D eigenvalue weighted by molar-refractivity contribution is 7.98. The van der Waals surface area contributed by atoms with Gasteiger partial charge in [0.25, 0.3) is 5.69 Å². The molecule has 0 amide bonds. The lowest BCUT2D eigenvalue weighted by Gasteiger charge is -2.10. The lowest BCUT2D eigenvalue weighted by atomic mass is 10.3. The van der Waals surface area contributed by atoms with Crippen LogP contribution in [0.3, 0.4) is 0 Å². The maximum absolute atomic E-state index is 12.1. The summed E-state index contributed by atoms with van der Waals surface area (Å²) in [4.78, 5) is 9.91. The zero-order valence-electron chi connectivity index (χ0n) is 10.8. The molecule has 0 radical (unpaired) electrons. The number of nitrogens with one attached hydrogen (secondary N) is 2. The number of nitro groups is 1. The van der Waals surface area contributed by atoms with Crippen LogP contribution in [0, 0.1) is 10.1 Å². The Bertz CT molecular complexity index is 577. The van der Waals surface area contributed by atoms with Crippen molar-refractivity contribution in [3.63, 3.8) is 0 Å². The van der Waals surface area contributed by atoms with E-state index in [9.17, 15) is 18.5 Å². The van der Waals surface area contributed by atoms with Crippen LogP contribution in [0.15, 0.2) is 23.1 Å². The molecule has 4 N–H and O–H groups in total. The second-order valence-corrected chi connectivity index (χ2v) is 6.55. The highest BCUT2D eigenvalue weighted by atomic mass is 32.2. The molecule has 0 atom stereocenters. The standard InChI is InChI=1S/C10H16N4O4S2/c1-19-6-2-5-12-20(17,18)10-4-3-8(14(15)16)7-9(10)13-11/h3-4,7,12-13H,2,5-6,11H2,1H3. The van der Waals surface area contributed by atoms with Crippen LogP contribution < -0.4 is 16.0 Å². The van der Waals surface area contributed by atoms with Crippen molar-refractivity contribution in [2.45, 2.75) is 11.3 Å². The summed E-state index contributed by atoms with van der Waals surface area (Å²) < 4.78 is 26.6. The van der Waals surface area contributed by atoms with Crippen LogP contribution >= 0.6 is 11.8 Å². The zero-order valence-corrected chi connectivity index (χ0v) is 12.5. The van der Waals surface area contributed by atoms with Crippen LogP contribution in [0.5, 0.6) is 0 Å². The molecule has 8 nitrogen and oxygen atoms in total. The minimum Gasteiger partial charge on any atom is -0.323 e. The van der Waals surface area contributed by atoms with Gasteiger partial charge in [-0.25, -0.2) is 13.1 Å². The van der Waals surface area contributed by atoms with E-state index in [-0.39, 0.29) is 16.3 Å². The first-order chi connectivity index (χ1) is 9.42. The topological polar surface area (TPSA) is 127 Å². The molecule has 0 aromatic heterocycles. The molecule has 1 rings (SSSR count). The van der Waals surface area contributed by atoms with Crippen molar-refractivity contribution in [1.29, 1.82) is 0 Å². The van der Waals surface area contributed by atoms with Gasteiger partial charge in [0.05, 0.1) is 10.6 Å². The number of benzene rings is 1. The second kappa shape index (κ2) is 7.43. The fraction of sp³-hybridized carbons (Fsp3) is 0.400. The first kappa shape index (κ1) is 16.7. The highest BCUT2D eigenvalue weighted by Crippen LogP contribution is 2.25. The van der Waals surface area contributed by atoms with Gasteiger partial charge in [-0.3, -0.25) is 16.0 Å². The number of nitrogens with zero attached hydrogens (tertiary/aromatic N) is 1. The minimum absolute atomic E-state index is 0.0171. The summed E-state index contributed by atoms with van der Waals surface area (Å²) in [6.45, 7) is 0.296. The third-order valence-corrected chi connectivity index (χ3v) is 4.65. The summed E-state index contributed by atoms with van der Waals surface area (Å²) in [5, 5.41) is 10.6. The summed E-state index contributed by atoms with van der Waals surface area (Å²) in [5.41, 5.74) is 1.92. The normalized spacial score (nSPS) is 11.3. The molecule has 0 fully saturated rings. The van der Waals surface area contributed by atoms with E-state index in [0.29, 0.717) is 13.0 Å². The second-order valence-electron chi connectivity index (χ2n) is 3.83. The lowest BCUT2D eigenvalue weighted by molar-refractivity contribution is -0.384. The molecule has 0 aliphatic heterocycles. The van der Waals surface area contributed by atoms with E-state index in [1.807, 2.05) is 6.26 Å². The highest BCUT2D eigenvalue weighted by Gasteiger charge is 2.20. The maximum Gasteiger partial charge on any atom is 0.271 e. The number of hydrazine groups is 1. The smallest absolute Gasteiger partial charge is 0.271 e. The van der Waals surface area contributed by atoms with Gasteiger partial charge >= 0.3 is 0 Å². The average molecular weight is 320 g/mol. The van der Waals surface area contributed by atoms with E-state index in [2.05, 4.69) is 10.1 Å². The van der Waals surface area contributed by atoms with Crippen LogP contribution in [0.4, 0.5) is 11.4 Å². The van der Waals surface area contributed by atoms with Crippen molar-refractivity contribution in [3.05, 3.63) is 28.3 Å². The molecule has 20 heavy (non-hydrogen) atoms. The first-order valence-corrected chi connectivity index (χ1v) is 8.53. The fourth-order valence-electron chi connectivity index (χ4n) is 1.48. The number of anilines is 1. The van der Waals surface area contributed by atoms with Crippen molar-refractivity contribution >= 4 is 33.2 Å². The monoisotopic (exact) mass is 320 g/mol. The lowest BCUT2D eigenvalue weighted by Crippen LogP contribution is -2.26. The van der Waals surface area contributed by atoms with Crippen molar-refractivity contribution < 1.29 is 13.3 Å². The van der Waals surface area contributed by atoms with Gasteiger partial charge < -0.3 is 5.43 Å². The van der Waals surface area contributed by atoms with Crippen LogP contribution in [-0.2, 0) is 10.0 Å². The molecular weight excluding hydrogens is 304 g/mol. The number of nitro benzene ring substituents is 1. The molecular formula is C10H16N4O4S2. The summed E-state index contributed by atoms with van der Waals surface area (Å²) in [5.74, 6) is 6.06. The van der Waals surface area contributed by atoms with E-state index in [0.717, 1.165) is 24.0 Å². The molecule has 0 aliphatic carbocycles. The van der Waals surface area contributed by atoms with Gasteiger partial charge in [-0.15, -0.1) is 0 Å². The van der Waals surface area contributed by atoms with E-state index < -0.39 is 14.9 Å². The van der Waals surface area contributed by atoms with Gasteiger partial charge in [-0.2, -0.15) is 11.8 Å². The Kier molecular flexibility index (Phi) is 6.20. The number of nitrogen functional groups attached to an aromatic ring is 1. The summed E-state index contributed by atoms with van der Waals surface area (Å²) >= 11 is 1.62. The van der Waals surface area contributed by atoms with E-state index in [1.165, 1.54) is 0 Å². The number of nitrogens with two attached hydrogens (primary N) is 1. The fourth-order valence-corrected chi connectivity index (χ4v) is 3.14. The van der Waals surface area contributed by atoms with Gasteiger partial charge in [0.15, 0.2) is 0 Å². The van der Waals surface area contributed by atoms with Gasteiger partial charge in [0.1, 0.15) is 4.90 Å². The third-order valence-electron chi connectivity index (χ3n) is 2.44. The van der Waals surface area contributed by atoms with Crippen LogP contribution in [0.2, 0.25) is 0 Å². The van der Waals surface area contributed by atoms with Gasteiger partial charge in [-0.05, 0) is 24.5 Å². The Morgan fingerprint density at radius 2 is 2.15 bits per heavy atom. The molecule has 112 valence electrons. The van der Waals surface area contributed by atoms with Crippen molar-refractivity contribution in [2.24, 2.45) is 5.84 Å². The number of hydrogen-bond donors (Lipinski definition) is 3. The molecule has 1 aromatic rings. The van der Waals surface area contributed by atoms with Gasteiger partial charge in [0.2, 0.25) is 10.0 Å². The molecule has 0 aliphatic rings. The van der Waals surface area contributed by atoms with Crippen molar-refractivity contribution in [1.82, 2.24) is 4.72 Å². The largest absolute Gasteiger partial charge is 0.323 e. The Morgan fingerprint density at radius 3 is 2.70 bits per heavy atom. The predicted molar refractivity (Wildman–Crippen MR) is 79.1 cm³/mol. The zero-order chi connectivity index (χ0) is 15.2. The summed E-state index contributed by atoms with van der Waals surface area (Å²) in [7, 11) is -3.75. The molecule has 0 saturated heterocycles.